The molecule has 0 aliphatic rings. The van der Waals surface area contributed by atoms with Gasteiger partial charge in [0.15, 0.2) is 0 Å². The van der Waals surface area contributed by atoms with Crippen LogP contribution < -0.4 is 10.5 Å². The molecule has 0 saturated carbocycles. The Kier molecular flexibility index (Phi) is 5.59. The topological polar surface area (TPSA) is 35.2 Å². The molecule has 0 bridgehead atoms. The SMILES string of the molecule is CCC(CC)Oc1ccc(C)cc1C#CCN. The molecule has 0 aliphatic carbocycles. The second kappa shape index (κ2) is 6.98. The number of hydrogen-bond donors (Lipinski definition) is 1. The van der Waals surface area contributed by atoms with Gasteiger partial charge in [0.2, 0.25) is 0 Å². The standard InChI is InChI=1S/C15H21NO/c1-4-14(5-2)17-15-9-8-12(3)11-13(15)7-6-10-16/h8-9,11,14H,4-5,10,16H2,1-3H3. The summed E-state index contributed by atoms with van der Waals surface area (Å²) in [6, 6.07) is 6.08. The average Bonchev–Trinajstić information content (AvgIpc) is 2.35. The molecule has 0 amide bonds. The molecule has 2 nitrogen and oxygen atoms in total. The lowest BCUT2D eigenvalue weighted by atomic mass is 10.1. The molecule has 0 unspecified atom stereocenters. The quantitative estimate of drug-likeness (QED) is 0.809. The third-order valence-electron chi connectivity index (χ3n) is 2.66. The number of hydrogen-bond acceptors (Lipinski definition) is 2. The highest BCUT2D eigenvalue weighted by atomic mass is 16.5. The maximum absolute atomic E-state index is 5.95. The van der Waals surface area contributed by atoms with Crippen LogP contribution in [0, 0.1) is 18.8 Å². The minimum atomic E-state index is 0.260. The number of rotatable bonds is 4. The van der Waals surface area contributed by atoms with Crippen molar-refractivity contribution in [2.75, 3.05) is 6.54 Å². The summed E-state index contributed by atoms with van der Waals surface area (Å²) in [5.74, 6) is 6.81. The zero-order valence-electron chi connectivity index (χ0n) is 10.9. The molecule has 1 aromatic rings. The summed E-state index contributed by atoms with van der Waals surface area (Å²) in [6.07, 6.45) is 2.28. The van der Waals surface area contributed by atoms with Crippen molar-refractivity contribution in [3.63, 3.8) is 0 Å². The van der Waals surface area contributed by atoms with E-state index in [-0.39, 0.29) is 6.10 Å². The number of nitrogens with two attached hydrogens (primary N) is 1. The molecule has 0 heterocycles. The van der Waals surface area contributed by atoms with Crippen LogP contribution in [0.2, 0.25) is 0 Å². The predicted molar refractivity (Wildman–Crippen MR) is 72.1 cm³/mol. The van der Waals surface area contributed by atoms with Crippen LogP contribution in [0.15, 0.2) is 18.2 Å². The molecule has 92 valence electrons. The molecule has 17 heavy (non-hydrogen) atoms. The molecule has 0 fully saturated rings. The molecule has 0 aliphatic heterocycles. The van der Waals surface area contributed by atoms with Crippen molar-refractivity contribution in [2.24, 2.45) is 5.73 Å². The molecular weight excluding hydrogens is 210 g/mol. The van der Waals surface area contributed by atoms with Crippen molar-refractivity contribution in [1.82, 2.24) is 0 Å². The zero-order chi connectivity index (χ0) is 12.7. The van der Waals surface area contributed by atoms with E-state index < -0.39 is 0 Å². The van der Waals surface area contributed by atoms with Crippen LogP contribution in [0.4, 0.5) is 0 Å². The molecule has 2 N–H and O–H groups in total. The van der Waals surface area contributed by atoms with Crippen LogP contribution in [0.25, 0.3) is 0 Å². The fraction of sp³-hybridized carbons (Fsp3) is 0.467. The average molecular weight is 231 g/mol. The molecule has 0 atom stereocenters. The Balaban J connectivity index is 2.97. The van der Waals surface area contributed by atoms with Gasteiger partial charge >= 0.3 is 0 Å². The highest BCUT2D eigenvalue weighted by molar-refractivity contribution is 5.48. The van der Waals surface area contributed by atoms with Crippen molar-refractivity contribution in [2.45, 2.75) is 39.7 Å². The molecule has 0 radical (unpaired) electrons. The van der Waals surface area contributed by atoms with Gasteiger partial charge < -0.3 is 10.5 Å². The first kappa shape index (κ1) is 13.6. The maximum Gasteiger partial charge on any atom is 0.135 e. The van der Waals surface area contributed by atoms with E-state index >= 15 is 0 Å². The third-order valence-corrected chi connectivity index (χ3v) is 2.66. The van der Waals surface area contributed by atoms with E-state index in [2.05, 4.69) is 32.6 Å². The van der Waals surface area contributed by atoms with Gasteiger partial charge in [-0.15, -0.1) is 0 Å². The Hall–Kier alpha value is -1.46. The lowest BCUT2D eigenvalue weighted by Gasteiger charge is -2.17. The fourth-order valence-electron chi connectivity index (χ4n) is 1.63. The summed E-state index contributed by atoms with van der Waals surface area (Å²) in [5, 5.41) is 0. The smallest absolute Gasteiger partial charge is 0.135 e. The van der Waals surface area contributed by atoms with E-state index in [1.165, 1.54) is 5.56 Å². The number of ether oxygens (including phenoxy) is 1. The van der Waals surface area contributed by atoms with E-state index in [1.54, 1.807) is 0 Å². The molecule has 1 rings (SSSR count). The minimum Gasteiger partial charge on any atom is -0.489 e. The molecule has 1 aromatic carbocycles. The van der Waals surface area contributed by atoms with Gasteiger partial charge in [0, 0.05) is 0 Å². The lowest BCUT2D eigenvalue weighted by molar-refractivity contribution is 0.192. The van der Waals surface area contributed by atoms with Crippen LogP contribution in [0.3, 0.4) is 0 Å². The summed E-state index contributed by atoms with van der Waals surface area (Å²) in [7, 11) is 0. The highest BCUT2D eigenvalue weighted by Gasteiger charge is 2.08. The van der Waals surface area contributed by atoms with E-state index in [0.717, 1.165) is 24.2 Å². The van der Waals surface area contributed by atoms with E-state index in [4.69, 9.17) is 10.5 Å². The second-order valence-electron chi connectivity index (χ2n) is 4.06. The van der Waals surface area contributed by atoms with Crippen molar-refractivity contribution in [1.29, 1.82) is 0 Å². The second-order valence-corrected chi connectivity index (χ2v) is 4.06. The first-order valence-electron chi connectivity index (χ1n) is 6.17. The summed E-state index contributed by atoms with van der Waals surface area (Å²) in [6.45, 7) is 6.69. The van der Waals surface area contributed by atoms with Crippen molar-refractivity contribution >= 4 is 0 Å². The van der Waals surface area contributed by atoms with Gasteiger partial charge in [0.1, 0.15) is 5.75 Å². The van der Waals surface area contributed by atoms with Gasteiger partial charge in [-0.2, -0.15) is 0 Å². The van der Waals surface area contributed by atoms with E-state index in [0.29, 0.717) is 6.54 Å². The largest absolute Gasteiger partial charge is 0.489 e. The number of aryl methyl sites for hydroxylation is 1. The monoisotopic (exact) mass is 231 g/mol. The minimum absolute atomic E-state index is 0.260. The van der Waals surface area contributed by atoms with Gasteiger partial charge in [0.25, 0.3) is 0 Å². The van der Waals surface area contributed by atoms with E-state index in [9.17, 15) is 0 Å². The normalized spacial score (nSPS) is 9.94. The van der Waals surface area contributed by atoms with Crippen molar-refractivity contribution in [3.8, 4) is 17.6 Å². The molecule has 0 aromatic heterocycles. The van der Waals surface area contributed by atoms with Crippen LogP contribution >= 0.6 is 0 Å². The van der Waals surface area contributed by atoms with Gasteiger partial charge in [-0.25, -0.2) is 0 Å². The lowest BCUT2D eigenvalue weighted by Crippen LogP contribution is -2.14. The molecule has 0 spiro atoms. The Bertz CT molecular complexity index is 411. The molecule has 2 heteroatoms. The summed E-state index contributed by atoms with van der Waals surface area (Å²) < 4.78 is 5.95. The Morgan fingerprint density at radius 3 is 2.59 bits per heavy atom. The zero-order valence-corrected chi connectivity index (χ0v) is 10.9. The highest BCUT2D eigenvalue weighted by Crippen LogP contribution is 2.21. The molecular formula is C15H21NO. The summed E-state index contributed by atoms with van der Waals surface area (Å²) >= 11 is 0. The van der Waals surface area contributed by atoms with E-state index in [1.807, 2.05) is 18.2 Å². The predicted octanol–water partition coefficient (Wildman–Crippen LogP) is 2.87. The van der Waals surface area contributed by atoms with Crippen LogP contribution in [-0.2, 0) is 0 Å². The summed E-state index contributed by atoms with van der Waals surface area (Å²) in [5.41, 5.74) is 7.52. The van der Waals surface area contributed by atoms with Gasteiger partial charge in [-0.05, 0) is 37.5 Å². The third kappa shape index (κ3) is 4.13. The van der Waals surface area contributed by atoms with Crippen LogP contribution in [-0.4, -0.2) is 12.6 Å². The van der Waals surface area contributed by atoms with Crippen molar-refractivity contribution in [3.05, 3.63) is 29.3 Å². The van der Waals surface area contributed by atoms with Gasteiger partial charge in [0.05, 0.1) is 18.2 Å². The maximum atomic E-state index is 5.95. The number of benzene rings is 1. The van der Waals surface area contributed by atoms with Crippen LogP contribution in [0.5, 0.6) is 5.75 Å². The first-order valence-corrected chi connectivity index (χ1v) is 6.17. The fourth-order valence-corrected chi connectivity index (χ4v) is 1.63. The molecule has 0 saturated heterocycles. The van der Waals surface area contributed by atoms with Crippen molar-refractivity contribution < 1.29 is 4.74 Å². The van der Waals surface area contributed by atoms with Gasteiger partial charge in [-0.1, -0.05) is 31.8 Å². The summed E-state index contributed by atoms with van der Waals surface area (Å²) in [4.78, 5) is 0. The Morgan fingerprint density at radius 2 is 2.00 bits per heavy atom. The van der Waals surface area contributed by atoms with Gasteiger partial charge in [-0.3, -0.25) is 0 Å². The Morgan fingerprint density at radius 1 is 1.29 bits per heavy atom. The Labute approximate surface area is 104 Å². The van der Waals surface area contributed by atoms with Crippen LogP contribution in [0.1, 0.15) is 37.8 Å². The first-order chi connectivity index (χ1) is 8.21.